The molecule has 0 unspecified atom stereocenters. The summed E-state index contributed by atoms with van der Waals surface area (Å²) < 4.78 is 0. The maximum Gasteiger partial charge on any atom is 0.274 e. The first-order valence-corrected chi connectivity index (χ1v) is 8.38. The zero-order chi connectivity index (χ0) is 17.2. The minimum absolute atomic E-state index is 0.0492. The van der Waals surface area contributed by atoms with Gasteiger partial charge < -0.3 is 9.80 Å². The molecule has 3 aromatic rings. The molecule has 0 N–H and O–H groups in total. The molecule has 25 heavy (non-hydrogen) atoms. The predicted molar refractivity (Wildman–Crippen MR) is 96.6 cm³/mol. The van der Waals surface area contributed by atoms with E-state index in [-0.39, 0.29) is 5.91 Å². The van der Waals surface area contributed by atoms with E-state index in [1.807, 2.05) is 35.4 Å². The van der Waals surface area contributed by atoms with Crippen LogP contribution in [0.2, 0.25) is 0 Å². The van der Waals surface area contributed by atoms with Crippen LogP contribution in [0.15, 0.2) is 49.1 Å². The highest BCUT2D eigenvalue weighted by Gasteiger charge is 2.25. The summed E-state index contributed by atoms with van der Waals surface area (Å²) in [6.45, 7) is 4.99. The summed E-state index contributed by atoms with van der Waals surface area (Å²) in [5, 5.41) is 0.936. The summed E-state index contributed by atoms with van der Waals surface area (Å²) in [5.74, 6) is -0.0492. The smallest absolute Gasteiger partial charge is 0.274 e. The van der Waals surface area contributed by atoms with Crippen molar-refractivity contribution in [1.29, 1.82) is 0 Å². The van der Waals surface area contributed by atoms with Gasteiger partial charge in [0.1, 0.15) is 5.52 Å². The van der Waals surface area contributed by atoms with Gasteiger partial charge >= 0.3 is 0 Å². The third-order valence-corrected chi connectivity index (χ3v) is 4.64. The molecule has 6 nitrogen and oxygen atoms in total. The number of carbonyl (C=O) groups is 1. The topological polar surface area (TPSA) is 62.2 Å². The van der Waals surface area contributed by atoms with E-state index in [1.165, 1.54) is 5.56 Å². The van der Waals surface area contributed by atoms with Crippen molar-refractivity contribution >= 4 is 22.5 Å². The molecule has 1 aliphatic rings. The van der Waals surface area contributed by atoms with Crippen molar-refractivity contribution in [3.8, 4) is 0 Å². The van der Waals surface area contributed by atoms with E-state index in [0.29, 0.717) is 24.3 Å². The van der Waals surface area contributed by atoms with Crippen LogP contribution >= 0.6 is 0 Å². The third kappa shape index (κ3) is 2.91. The SMILES string of the molecule is Cc1ccncc1N1CCN(C(=O)c2nccc3cccnc23)CC1. The average molecular weight is 333 g/mol. The molecule has 6 heteroatoms. The highest BCUT2D eigenvalue weighted by molar-refractivity contribution is 6.03. The molecule has 126 valence electrons. The van der Waals surface area contributed by atoms with Crippen LogP contribution in [0, 0.1) is 6.92 Å². The number of hydrogen-bond acceptors (Lipinski definition) is 5. The summed E-state index contributed by atoms with van der Waals surface area (Å²) in [5.41, 5.74) is 3.44. The fraction of sp³-hybridized carbons (Fsp3) is 0.263. The standard InChI is InChI=1S/C19H19N5O/c1-14-4-7-20-13-16(14)23-9-11-24(12-10-23)19(25)18-17-15(5-8-22-18)3-2-6-21-17/h2-8,13H,9-12H2,1H3. The van der Waals surface area contributed by atoms with Gasteiger partial charge in [0.15, 0.2) is 5.69 Å². The highest BCUT2D eigenvalue weighted by atomic mass is 16.2. The van der Waals surface area contributed by atoms with Crippen LogP contribution in [-0.4, -0.2) is 51.9 Å². The van der Waals surface area contributed by atoms with E-state index in [2.05, 4.69) is 26.8 Å². The van der Waals surface area contributed by atoms with E-state index in [0.717, 1.165) is 24.2 Å². The van der Waals surface area contributed by atoms with Gasteiger partial charge in [0.05, 0.1) is 11.9 Å². The first-order valence-electron chi connectivity index (χ1n) is 8.38. The third-order valence-electron chi connectivity index (χ3n) is 4.64. The monoisotopic (exact) mass is 333 g/mol. The van der Waals surface area contributed by atoms with Crippen LogP contribution in [0.3, 0.4) is 0 Å². The Bertz CT molecular complexity index is 913. The van der Waals surface area contributed by atoms with Crippen molar-refractivity contribution in [3.63, 3.8) is 0 Å². The zero-order valence-electron chi connectivity index (χ0n) is 14.1. The number of piperazine rings is 1. The van der Waals surface area contributed by atoms with Crippen LogP contribution in [0.4, 0.5) is 5.69 Å². The predicted octanol–water partition coefficient (Wildman–Crippen LogP) is 2.30. The normalized spacial score (nSPS) is 14.8. The molecule has 1 amide bonds. The molecule has 0 spiro atoms. The van der Waals surface area contributed by atoms with Crippen LogP contribution in [-0.2, 0) is 0 Å². The Morgan fingerprint density at radius 3 is 2.64 bits per heavy atom. The molecule has 0 bridgehead atoms. The summed E-state index contributed by atoms with van der Waals surface area (Å²) in [6.07, 6.45) is 7.07. The second-order valence-electron chi connectivity index (χ2n) is 6.18. The van der Waals surface area contributed by atoms with E-state index in [4.69, 9.17) is 0 Å². The van der Waals surface area contributed by atoms with E-state index in [1.54, 1.807) is 18.6 Å². The Kier molecular flexibility index (Phi) is 4.01. The number of fused-ring (bicyclic) bond motifs is 1. The Hall–Kier alpha value is -3.02. The number of pyridine rings is 3. The van der Waals surface area contributed by atoms with Crippen LogP contribution < -0.4 is 4.90 Å². The fourth-order valence-electron chi connectivity index (χ4n) is 3.25. The van der Waals surface area contributed by atoms with Gasteiger partial charge in [-0.3, -0.25) is 14.8 Å². The average Bonchev–Trinajstić information content (AvgIpc) is 2.67. The van der Waals surface area contributed by atoms with E-state index < -0.39 is 0 Å². The molecule has 3 aromatic heterocycles. The van der Waals surface area contributed by atoms with Gasteiger partial charge in [0.2, 0.25) is 0 Å². The van der Waals surface area contributed by atoms with Gasteiger partial charge in [-0.05, 0) is 30.7 Å². The Balaban J connectivity index is 1.52. The molecule has 4 heterocycles. The number of rotatable bonds is 2. The lowest BCUT2D eigenvalue weighted by atomic mass is 10.1. The molecule has 1 fully saturated rings. The molecule has 0 radical (unpaired) electrons. The van der Waals surface area contributed by atoms with Crippen LogP contribution in [0.5, 0.6) is 0 Å². The van der Waals surface area contributed by atoms with Crippen molar-refractivity contribution in [2.45, 2.75) is 6.92 Å². The van der Waals surface area contributed by atoms with Crippen LogP contribution in [0.25, 0.3) is 10.9 Å². The lowest BCUT2D eigenvalue weighted by molar-refractivity contribution is 0.0743. The number of amides is 1. The molecule has 0 aromatic carbocycles. The van der Waals surface area contributed by atoms with Crippen molar-refractivity contribution < 1.29 is 4.79 Å². The van der Waals surface area contributed by atoms with Crippen molar-refractivity contribution in [2.24, 2.45) is 0 Å². The number of hydrogen-bond donors (Lipinski definition) is 0. The quantitative estimate of drug-likeness (QED) is 0.720. The maximum absolute atomic E-state index is 12.9. The number of anilines is 1. The van der Waals surface area contributed by atoms with Gasteiger partial charge in [0.25, 0.3) is 5.91 Å². The minimum atomic E-state index is -0.0492. The van der Waals surface area contributed by atoms with E-state index in [9.17, 15) is 4.79 Å². The second kappa shape index (κ2) is 6.47. The minimum Gasteiger partial charge on any atom is -0.367 e. The summed E-state index contributed by atoms with van der Waals surface area (Å²) in [6, 6.07) is 7.70. The number of aromatic nitrogens is 3. The molecule has 0 aliphatic carbocycles. The number of carbonyl (C=O) groups excluding carboxylic acids is 1. The molecule has 4 rings (SSSR count). The highest BCUT2D eigenvalue weighted by Crippen LogP contribution is 2.21. The largest absolute Gasteiger partial charge is 0.367 e. The lowest BCUT2D eigenvalue weighted by Gasteiger charge is -2.36. The Labute approximate surface area is 146 Å². The van der Waals surface area contributed by atoms with Crippen molar-refractivity contribution in [3.05, 3.63) is 60.3 Å². The lowest BCUT2D eigenvalue weighted by Crippen LogP contribution is -2.49. The Morgan fingerprint density at radius 2 is 1.84 bits per heavy atom. The molecular formula is C19H19N5O. The molecule has 1 aliphatic heterocycles. The van der Waals surface area contributed by atoms with Crippen LogP contribution in [0.1, 0.15) is 16.1 Å². The Morgan fingerprint density at radius 1 is 1.00 bits per heavy atom. The van der Waals surface area contributed by atoms with Crippen molar-refractivity contribution in [2.75, 3.05) is 31.1 Å². The molecular weight excluding hydrogens is 314 g/mol. The van der Waals surface area contributed by atoms with Gasteiger partial charge in [-0.1, -0.05) is 6.07 Å². The summed E-state index contributed by atoms with van der Waals surface area (Å²) in [7, 11) is 0. The van der Waals surface area contributed by atoms with Gasteiger partial charge in [0, 0.05) is 50.2 Å². The second-order valence-corrected chi connectivity index (χ2v) is 6.18. The molecule has 0 atom stereocenters. The molecule has 0 saturated carbocycles. The number of nitrogens with zero attached hydrogens (tertiary/aromatic N) is 5. The number of aryl methyl sites for hydroxylation is 1. The van der Waals surface area contributed by atoms with E-state index >= 15 is 0 Å². The molecule has 1 saturated heterocycles. The van der Waals surface area contributed by atoms with Gasteiger partial charge in [-0.25, -0.2) is 4.98 Å². The first kappa shape index (κ1) is 15.5. The zero-order valence-corrected chi connectivity index (χ0v) is 14.1. The summed E-state index contributed by atoms with van der Waals surface area (Å²) in [4.78, 5) is 29.9. The fourth-order valence-corrected chi connectivity index (χ4v) is 3.25. The van der Waals surface area contributed by atoms with Gasteiger partial charge in [-0.15, -0.1) is 0 Å². The summed E-state index contributed by atoms with van der Waals surface area (Å²) >= 11 is 0. The first-order chi connectivity index (χ1) is 12.2. The maximum atomic E-state index is 12.9. The van der Waals surface area contributed by atoms with Crippen molar-refractivity contribution in [1.82, 2.24) is 19.9 Å². The van der Waals surface area contributed by atoms with Gasteiger partial charge in [-0.2, -0.15) is 0 Å².